The van der Waals surface area contributed by atoms with Gasteiger partial charge in [0.2, 0.25) is 11.9 Å². The number of fused-ring (bicyclic) bond motifs is 2. The van der Waals surface area contributed by atoms with Gasteiger partial charge in [0.15, 0.2) is 0 Å². The zero-order valence-corrected chi connectivity index (χ0v) is 10.9. The zero-order valence-electron chi connectivity index (χ0n) is 10.9. The molecule has 19 heavy (non-hydrogen) atoms. The fraction of sp³-hybridized carbons (Fsp3) is 0.818. The largest absolute Gasteiger partial charge is 0.381 e. The Morgan fingerprint density at radius 3 is 2.63 bits per heavy atom. The van der Waals surface area contributed by atoms with Crippen molar-refractivity contribution >= 4 is 11.9 Å². The van der Waals surface area contributed by atoms with Crippen LogP contribution in [0.15, 0.2) is 0 Å². The number of aromatic nitrogens is 4. The van der Waals surface area contributed by atoms with Crippen LogP contribution in [-0.4, -0.2) is 56.3 Å². The van der Waals surface area contributed by atoms with Crippen LogP contribution in [-0.2, 0) is 16.1 Å². The van der Waals surface area contributed by atoms with Crippen LogP contribution in [0.4, 0.5) is 5.95 Å². The van der Waals surface area contributed by atoms with Crippen molar-refractivity contribution in [2.45, 2.75) is 50.4 Å². The van der Waals surface area contributed by atoms with Crippen LogP contribution in [0.5, 0.6) is 0 Å². The number of methoxy groups -OCH3 is 1. The first kappa shape index (κ1) is 12.3. The average molecular weight is 266 g/mol. The van der Waals surface area contributed by atoms with Gasteiger partial charge < -0.3 is 15.4 Å². The number of amides is 1. The Morgan fingerprint density at radius 1 is 1.42 bits per heavy atom. The van der Waals surface area contributed by atoms with E-state index in [1.165, 1.54) is 4.68 Å². The highest BCUT2D eigenvalue weighted by Gasteiger charge is 2.43. The molecular weight excluding hydrogens is 248 g/mol. The van der Waals surface area contributed by atoms with E-state index in [4.69, 9.17) is 10.5 Å². The van der Waals surface area contributed by atoms with Gasteiger partial charge in [0.25, 0.3) is 0 Å². The van der Waals surface area contributed by atoms with Crippen LogP contribution in [0.25, 0.3) is 0 Å². The average Bonchev–Trinajstić information content (AvgIpc) is 2.91. The second kappa shape index (κ2) is 4.76. The van der Waals surface area contributed by atoms with Crippen LogP contribution in [0.1, 0.15) is 25.7 Å². The van der Waals surface area contributed by atoms with E-state index >= 15 is 0 Å². The van der Waals surface area contributed by atoms with E-state index in [0.717, 1.165) is 25.7 Å². The van der Waals surface area contributed by atoms with Gasteiger partial charge in [-0.05, 0) is 36.1 Å². The normalized spacial score (nSPS) is 29.7. The number of hydrogen-bond donors (Lipinski definition) is 1. The Kier molecular flexibility index (Phi) is 3.09. The molecule has 2 aliphatic rings. The molecule has 2 saturated heterocycles. The summed E-state index contributed by atoms with van der Waals surface area (Å²) in [6.07, 6.45) is 4.23. The third-order valence-corrected chi connectivity index (χ3v) is 4.16. The number of carbonyl (C=O) groups excluding carboxylic acids is 1. The monoisotopic (exact) mass is 266 g/mol. The molecule has 3 atom stereocenters. The number of anilines is 1. The van der Waals surface area contributed by atoms with E-state index in [1.54, 1.807) is 7.11 Å². The summed E-state index contributed by atoms with van der Waals surface area (Å²) in [6, 6.07) is 0.572. The van der Waals surface area contributed by atoms with E-state index in [1.807, 2.05) is 4.90 Å². The van der Waals surface area contributed by atoms with E-state index in [9.17, 15) is 4.79 Å². The Morgan fingerprint density at radius 2 is 2.11 bits per heavy atom. The quantitative estimate of drug-likeness (QED) is 0.786. The molecule has 8 heteroatoms. The van der Waals surface area contributed by atoms with Crippen molar-refractivity contribution in [3.05, 3.63) is 0 Å². The second-order valence-corrected chi connectivity index (χ2v) is 5.21. The maximum Gasteiger partial charge on any atom is 0.245 e. The topological polar surface area (TPSA) is 99.2 Å². The van der Waals surface area contributed by atoms with Crippen molar-refractivity contribution in [2.24, 2.45) is 0 Å². The number of rotatable bonds is 3. The Labute approximate surface area is 110 Å². The Bertz CT molecular complexity index is 462. The smallest absolute Gasteiger partial charge is 0.245 e. The van der Waals surface area contributed by atoms with Gasteiger partial charge >= 0.3 is 0 Å². The predicted octanol–water partition coefficient (Wildman–Crippen LogP) is -0.576. The number of carbonyl (C=O) groups is 1. The molecule has 1 aromatic heterocycles. The maximum absolute atomic E-state index is 12.4. The van der Waals surface area contributed by atoms with Crippen molar-refractivity contribution in [1.82, 2.24) is 25.1 Å². The molecule has 1 unspecified atom stereocenters. The number of tetrazole rings is 1. The van der Waals surface area contributed by atoms with Crippen molar-refractivity contribution < 1.29 is 9.53 Å². The highest BCUT2D eigenvalue weighted by atomic mass is 16.5. The summed E-state index contributed by atoms with van der Waals surface area (Å²) in [6.45, 7) is 0.115. The first-order valence-electron chi connectivity index (χ1n) is 6.54. The molecule has 0 aromatic carbocycles. The molecule has 0 spiro atoms. The lowest BCUT2D eigenvalue weighted by Crippen LogP contribution is -2.49. The molecule has 2 bridgehead atoms. The summed E-state index contributed by atoms with van der Waals surface area (Å²) in [5, 5.41) is 10.7. The van der Waals surface area contributed by atoms with Gasteiger partial charge in [0.1, 0.15) is 6.54 Å². The molecule has 3 rings (SSSR count). The molecule has 0 radical (unpaired) electrons. The molecular formula is C11H18N6O2. The fourth-order valence-corrected chi connectivity index (χ4v) is 3.26. The second-order valence-electron chi connectivity index (χ2n) is 5.21. The summed E-state index contributed by atoms with van der Waals surface area (Å²) in [5.41, 5.74) is 5.58. The van der Waals surface area contributed by atoms with Gasteiger partial charge in [0, 0.05) is 19.2 Å². The first-order chi connectivity index (χ1) is 9.19. The van der Waals surface area contributed by atoms with Crippen LogP contribution >= 0.6 is 0 Å². The molecule has 3 heterocycles. The van der Waals surface area contributed by atoms with Crippen molar-refractivity contribution in [2.75, 3.05) is 12.8 Å². The SMILES string of the molecule is COC1C[C@H]2CC[C@@H](C1)N2C(=O)Cn1nnnc1N. The van der Waals surface area contributed by atoms with Gasteiger partial charge in [-0.1, -0.05) is 5.10 Å². The predicted molar refractivity (Wildman–Crippen MR) is 65.9 cm³/mol. The number of nitrogens with two attached hydrogens (primary N) is 1. The van der Waals surface area contributed by atoms with E-state index in [-0.39, 0.29) is 36.6 Å². The number of hydrogen-bond acceptors (Lipinski definition) is 6. The van der Waals surface area contributed by atoms with E-state index in [2.05, 4.69) is 15.5 Å². The lowest BCUT2D eigenvalue weighted by molar-refractivity contribution is -0.138. The highest BCUT2D eigenvalue weighted by Crippen LogP contribution is 2.36. The van der Waals surface area contributed by atoms with Gasteiger partial charge in [0.05, 0.1) is 6.10 Å². The lowest BCUT2D eigenvalue weighted by atomic mass is 9.99. The molecule has 1 amide bonds. The van der Waals surface area contributed by atoms with Gasteiger partial charge in [-0.25, -0.2) is 4.68 Å². The maximum atomic E-state index is 12.4. The highest BCUT2D eigenvalue weighted by molar-refractivity contribution is 5.77. The first-order valence-corrected chi connectivity index (χ1v) is 6.54. The number of nitrogens with zero attached hydrogens (tertiary/aromatic N) is 5. The zero-order chi connectivity index (χ0) is 13.4. The standard InChI is InChI=1S/C11H18N6O2/c1-19-9-4-7-2-3-8(5-9)17(7)10(18)6-16-11(12)13-14-15-16/h7-9H,2-6H2,1H3,(H2,12,13,15)/t7-,8+,9?. The van der Waals surface area contributed by atoms with Gasteiger partial charge in [-0.2, -0.15) is 0 Å². The molecule has 2 fully saturated rings. The van der Waals surface area contributed by atoms with Gasteiger partial charge in [-0.3, -0.25) is 4.79 Å². The minimum Gasteiger partial charge on any atom is -0.381 e. The number of nitrogen functional groups attached to an aromatic ring is 1. The molecule has 8 nitrogen and oxygen atoms in total. The fourth-order valence-electron chi connectivity index (χ4n) is 3.26. The Hall–Kier alpha value is -1.70. The van der Waals surface area contributed by atoms with Gasteiger partial charge in [-0.15, -0.1) is 0 Å². The van der Waals surface area contributed by atoms with E-state index in [0.29, 0.717) is 0 Å². The van der Waals surface area contributed by atoms with E-state index < -0.39 is 0 Å². The minimum absolute atomic E-state index is 0.0426. The Balaban J connectivity index is 1.70. The summed E-state index contributed by atoms with van der Waals surface area (Å²) < 4.78 is 6.77. The third-order valence-electron chi connectivity index (χ3n) is 4.16. The van der Waals surface area contributed by atoms with Crippen molar-refractivity contribution in [3.8, 4) is 0 Å². The molecule has 104 valence electrons. The van der Waals surface area contributed by atoms with Crippen molar-refractivity contribution in [3.63, 3.8) is 0 Å². The van der Waals surface area contributed by atoms with Crippen LogP contribution in [0.3, 0.4) is 0 Å². The number of piperidine rings is 1. The lowest BCUT2D eigenvalue weighted by Gasteiger charge is -2.38. The molecule has 0 saturated carbocycles. The van der Waals surface area contributed by atoms with Crippen LogP contribution < -0.4 is 5.73 Å². The van der Waals surface area contributed by atoms with Crippen LogP contribution in [0, 0.1) is 0 Å². The summed E-state index contributed by atoms with van der Waals surface area (Å²) in [4.78, 5) is 14.4. The number of ether oxygens (including phenoxy) is 1. The molecule has 2 N–H and O–H groups in total. The third kappa shape index (κ3) is 2.16. The summed E-state index contributed by atoms with van der Waals surface area (Å²) in [7, 11) is 1.74. The minimum atomic E-state index is 0.0426. The van der Waals surface area contributed by atoms with Crippen molar-refractivity contribution in [1.29, 1.82) is 0 Å². The molecule has 0 aliphatic carbocycles. The molecule has 2 aliphatic heterocycles. The summed E-state index contributed by atoms with van der Waals surface area (Å²) in [5.74, 6) is 0.216. The van der Waals surface area contributed by atoms with Crippen LogP contribution in [0.2, 0.25) is 0 Å². The molecule has 1 aromatic rings. The summed E-state index contributed by atoms with van der Waals surface area (Å²) >= 11 is 0.